The predicted molar refractivity (Wildman–Crippen MR) is 87.3 cm³/mol. The van der Waals surface area contributed by atoms with Crippen molar-refractivity contribution in [2.75, 3.05) is 13.6 Å². The number of nitrogens with zero attached hydrogens (tertiary/aromatic N) is 1. The third-order valence-electron chi connectivity index (χ3n) is 4.69. The first-order valence-corrected chi connectivity index (χ1v) is 8.71. The van der Waals surface area contributed by atoms with E-state index in [9.17, 15) is 0 Å². The highest BCUT2D eigenvalue weighted by atomic mass is 15.2. The zero-order valence-corrected chi connectivity index (χ0v) is 13.5. The van der Waals surface area contributed by atoms with E-state index in [2.05, 4.69) is 30.3 Å². The van der Waals surface area contributed by atoms with Crippen LogP contribution in [0.1, 0.15) is 77.6 Å². The number of piperidine rings is 1. The van der Waals surface area contributed by atoms with E-state index in [-0.39, 0.29) is 0 Å². The van der Waals surface area contributed by atoms with Crippen LogP contribution < -0.4 is 5.32 Å². The average molecular weight is 276 g/mol. The molecule has 1 saturated heterocycles. The Hall–Kier alpha value is -0.920. The minimum absolute atomic E-state index is 1.13. The van der Waals surface area contributed by atoms with Gasteiger partial charge in [-0.1, -0.05) is 51.5 Å². The van der Waals surface area contributed by atoms with Gasteiger partial charge >= 0.3 is 0 Å². The topological polar surface area (TPSA) is 15.3 Å². The third kappa shape index (κ3) is 4.29. The van der Waals surface area contributed by atoms with Crippen LogP contribution in [0.2, 0.25) is 0 Å². The molecule has 2 bridgehead atoms. The van der Waals surface area contributed by atoms with E-state index in [0.29, 0.717) is 0 Å². The Balaban J connectivity index is 1.61. The number of rotatable bonds is 9. The Morgan fingerprint density at radius 1 is 1.05 bits per heavy atom. The lowest BCUT2D eigenvalue weighted by molar-refractivity contribution is 0.395. The summed E-state index contributed by atoms with van der Waals surface area (Å²) in [5.74, 6) is 0. The normalized spacial score (nSPS) is 18.3. The molecule has 0 aliphatic carbocycles. The lowest BCUT2D eigenvalue weighted by atomic mass is 9.96. The van der Waals surface area contributed by atoms with Gasteiger partial charge in [-0.25, -0.2) is 0 Å². The van der Waals surface area contributed by atoms with Gasteiger partial charge in [-0.05, 0) is 25.7 Å². The summed E-state index contributed by atoms with van der Waals surface area (Å²) >= 11 is 0. The van der Waals surface area contributed by atoms with Crippen LogP contribution in [0.5, 0.6) is 0 Å². The fourth-order valence-electron chi connectivity index (χ4n) is 3.37. The first-order chi connectivity index (χ1) is 9.83. The molecule has 0 aromatic heterocycles. The van der Waals surface area contributed by atoms with Crippen molar-refractivity contribution in [3.63, 3.8) is 0 Å². The lowest BCUT2D eigenvalue weighted by Gasteiger charge is -2.36. The number of unbranched alkanes of at least 4 members (excludes halogenated alkanes) is 6. The fourth-order valence-corrected chi connectivity index (χ4v) is 3.37. The van der Waals surface area contributed by atoms with Gasteiger partial charge in [0, 0.05) is 37.1 Å². The molecule has 0 atom stereocenters. The van der Waals surface area contributed by atoms with Crippen LogP contribution in [0.3, 0.4) is 0 Å². The van der Waals surface area contributed by atoms with Crippen molar-refractivity contribution < 1.29 is 0 Å². The van der Waals surface area contributed by atoms with Crippen LogP contribution in [-0.2, 0) is 0 Å². The maximum absolute atomic E-state index is 3.70. The highest BCUT2D eigenvalue weighted by Crippen LogP contribution is 2.33. The van der Waals surface area contributed by atoms with Crippen molar-refractivity contribution >= 4 is 0 Å². The van der Waals surface area contributed by atoms with Crippen LogP contribution in [-0.4, -0.2) is 18.5 Å². The van der Waals surface area contributed by atoms with Gasteiger partial charge in [0.25, 0.3) is 0 Å². The number of hydrogen-bond donors (Lipinski definition) is 1. The van der Waals surface area contributed by atoms with Gasteiger partial charge in [-0.15, -0.1) is 0 Å². The summed E-state index contributed by atoms with van der Waals surface area (Å²) in [4.78, 5) is 2.42. The number of allylic oxidation sites excluding steroid dienone is 3. The molecule has 2 aliphatic rings. The molecule has 0 saturated carbocycles. The number of hydrogen-bond acceptors (Lipinski definition) is 2. The summed E-state index contributed by atoms with van der Waals surface area (Å²) in [5, 5.41) is 3.70. The zero-order valence-electron chi connectivity index (χ0n) is 13.5. The van der Waals surface area contributed by atoms with Crippen molar-refractivity contribution in [2.45, 2.75) is 77.6 Å². The summed E-state index contributed by atoms with van der Waals surface area (Å²) in [6.45, 7) is 3.44. The fraction of sp³-hybridized carbons (Fsp3) is 0.778. The van der Waals surface area contributed by atoms with E-state index in [1.54, 1.807) is 5.70 Å². The highest BCUT2D eigenvalue weighted by molar-refractivity contribution is 5.28. The Bertz CT molecular complexity index is 354. The molecule has 2 rings (SSSR count). The Labute approximate surface area is 125 Å². The van der Waals surface area contributed by atoms with Gasteiger partial charge in [-0.3, -0.25) is 0 Å². The maximum atomic E-state index is 3.70. The largest absolute Gasteiger partial charge is 0.387 e. The molecule has 0 aromatic rings. The van der Waals surface area contributed by atoms with Crippen molar-refractivity contribution in [1.29, 1.82) is 0 Å². The van der Waals surface area contributed by atoms with Crippen molar-refractivity contribution in [3.05, 3.63) is 23.2 Å². The minimum Gasteiger partial charge on any atom is -0.387 e. The second-order valence-electron chi connectivity index (χ2n) is 6.29. The van der Waals surface area contributed by atoms with E-state index in [1.165, 1.54) is 75.6 Å². The van der Waals surface area contributed by atoms with Gasteiger partial charge in [0.15, 0.2) is 0 Å². The van der Waals surface area contributed by atoms with Crippen molar-refractivity contribution in [2.24, 2.45) is 0 Å². The molecule has 0 aromatic carbocycles. The lowest BCUT2D eigenvalue weighted by Crippen LogP contribution is -2.30. The van der Waals surface area contributed by atoms with E-state index < -0.39 is 0 Å². The molecule has 0 radical (unpaired) electrons. The molecule has 1 fully saturated rings. The summed E-state index contributed by atoms with van der Waals surface area (Å²) < 4.78 is 0. The second kappa shape index (κ2) is 8.39. The molecule has 2 heterocycles. The molecule has 1 N–H and O–H groups in total. The van der Waals surface area contributed by atoms with Crippen LogP contribution in [0.15, 0.2) is 23.2 Å². The summed E-state index contributed by atoms with van der Waals surface area (Å²) in [6, 6.07) is 0. The molecule has 2 aliphatic heterocycles. The third-order valence-corrected chi connectivity index (χ3v) is 4.69. The van der Waals surface area contributed by atoms with Crippen LogP contribution in [0.25, 0.3) is 0 Å². The zero-order chi connectivity index (χ0) is 14.2. The van der Waals surface area contributed by atoms with Gasteiger partial charge in [0.1, 0.15) is 0 Å². The smallest absolute Gasteiger partial charge is 0.0368 e. The van der Waals surface area contributed by atoms with Gasteiger partial charge < -0.3 is 10.2 Å². The van der Waals surface area contributed by atoms with E-state index in [0.717, 1.165) is 13.0 Å². The predicted octanol–water partition coefficient (Wildman–Crippen LogP) is 4.94. The van der Waals surface area contributed by atoms with E-state index in [1.807, 2.05) is 0 Å². The summed E-state index contributed by atoms with van der Waals surface area (Å²) in [7, 11) is 2.23. The maximum Gasteiger partial charge on any atom is 0.0368 e. The Morgan fingerprint density at radius 2 is 1.80 bits per heavy atom. The second-order valence-corrected chi connectivity index (χ2v) is 6.29. The molecule has 0 amide bonds. The first kappa shape index (κ1) is 15.5. The minimum atomic E-state index is 1.13. The highest BCUT2D eigenvalue weighted by Gasteiger charge is 2.22. The summed E-state index contributed by atoms with van der Waals surface area (Å²) in [5.41, 5.74) is 4.58. The van der Waals surface area contributed by atoms with Crippen LogP contribution in [0, 0.1) is 0 Å². The van der Waals surface area contributed by atoms with Gasteiger partial charge in [-0.2, -0.15) is 0 Å². The Kier molecular flexibility index (Phi) is 6.49. The monoisotopic (exact) mass is 276 g/mol. The Morgan fingerprint density at radius 3 is 2.60 bits per heavy atom. The molecule has 2 heteroatoms. The van der Waals surface area contributed by atoms with Crippen LogP contribution >= 0.6 is 0 Å². The first-order valence-electron chi connectivity index (χ1n) is 8.71. The molecular formula is C18H32N2. The quantitative estimate of drug-likeness (QED) is 0.600. The molecule has 20 heavy (non-hydrogen) atoms. The number of fused-ring (bicyclic) bond motifs is 2. The summed E-state index contributed by atoms with van der Waals surface area (Å²) in [6.07, 6.45) is 17.1. The van der Waals surface area contributed by atoms with E-state index in [4.69, 9.17) is 0 Å². The van der Waals surface area contributed by atoms with Gasteiger partial charge in [0.05, 0.1) is 0 Å². The van der Waals surface area contributed by atoms with Crippen molar-refractivity contribution in [3.8, 4) is 0 Å². The van der Waals surface area contributed by atoms with Crippen LogP contribution in [0.4, 0.5) is 0 Å². The molecular weight excluding hydrogens is 244 g/mol. The van der Waals surface area contributed by atoms with Gasteiger partial charge in [0.2, 0.25) is 0 Å². The van der Waals surface area contributed by atoms with Crippen molar-refractivity contribution in [1.82, 2.24) is 10.2 Å². The molecule has 2 nitrogen and oxygen atoms in total. The standard InChI is InChI=1S/C18H32N2/c1-3-4-5-6-7-8-9-15-19-17-14-13-16-11-10-12-18(17)20(16)2/h13,19H,3-12,14-15H2,1-2H3. The molecule has 114 valence electrons. The average Bonchev–Trinajstić information content (AvgIpc) is 2.44. The SMILES string of the molecule is CCCCCCCCCNC1=C2CCCC(=CC1)N2C. The molecule has 0 spiro atoms. The van der Waals surface area contributed by atoms with E-state index >= 15 is 0 Å². The molecule has 0 unspecified atom stereocenters. The number of nitrogens with one attached hydrogen (secondary N) is 1.